The molecule has 0 saturated heterocycles. The van der Waals surface area contributed by atoms with E-state index in [4.69, 9.17) is 5.84 Å². The van der Waals surface area contributed by atoms with Gasteiger partial charge in [-0.05, 0) is 37.3 Å². The first-order valence-electron chi connectivity index (χ1n) is 5.76. The molecule has 0 bridgehead atoms. The molecule has 1 unspecified atom stereocenters. The summed E-state index contributed by atoms with van der Waals surface area (Å²) in [5, 5.41) is 2.08. The molecule has 90 valence electrons. The molecular weight excluding hydrogens is 228 g/mol. The molecule has 3 N–H and O–H groups in total. The summed E-state index contributed by atoms with van der Waals surface area (Å²) in [6, 6.07) is 11.0. The van der Waals surface area contributed by atoms with Crippen molar-refractivity contribution in [3.63, 3.8) is 0 Å². The van der Waals surface area contributed by atoms with Gasteiger partial charge in [0.2, 0.25) is 0 Å². The van der Waals surface area contributed by atoms with Gasteiger partial charge in [0.05, 0.1) is 6.04 Å². The molecule has 0 aliphatic carbocycles. The Morgan fingerprint density at radius 3 is 2.47 bits per heavy atom. The van der Waals surface area contributed by atoms with E-state index in [9.17, 15) is 0 Å². The van der Waals surface area contributed by atoms with Crippen LogP contribution in [-0.4, -0.2) is 0 Å². The van der Waals surface area contributed by atoms with Crippen LogP contribution in [0, 0.1) is 13.8 Å². The van der Waals surface area contributed by atoms with Gasteiger partial charge in [0.15, 0.2) is 0 Å². The second kappa shape index (κ2) is 5.45. The zero-order valence-corrected chi connectivity index (χ0v) is 11.1. The van der Waals surface area contributed by atoms with Crippen LogP contribution in [0.25, 0.3) is 0 Å². The normalized spacial score (nSPS) is 12.6. The molecular formula is C14H18N2S. The molecule has 1 heterocycles. The summed E-state index contributed by atoms with van der Waals surface area (Å²) in [6.45, 7) is 4.26. The largest absolute Gasteiger partial charge is 0.271 e. The van der Waals surface area contributed by atoms with E-state index in [0.717, 1.165) is 6.42 Å². The van der Waals surface area contributed by atoms with Crippen LogP contribution in [0.3, 0.4) is 0 Å². The number of benzene rings is 1. The lowest BCUT2D eigenvalue weighted by atomic mass is 10.0. The Hall–Kier alpha value is -1.16. The van der Waals surface area contributed by atoms with Crippen molar-refractivity contribution >= 4 is 11.3 Å². The fraction of sp³-hybridized carbons (Fsp3) is 0.286. The minimum Gasteiger partial charge on any atom is -0.271 e. The van der Waals surface area contributed by atoms with Gasteiger partial charge in [0, 0.05) is 4.88 Å². The summed E-state index contributed by atoms with van der Waals surface area (Å²) in [6.07, 6.45) is 0.930. The monoisotopic (exact) mass is 246 g/mol. The van der Waals surface area contributed by atoms with Crippen LogP contribution >= 0.6 is 11.3 Å². The first-order valence-corrected chi connectivity index (χ1v) is 6.63. The Balaban J connectivity index is 2.18. The smallest absolute Gasteiger partial charge is 0.0593 e. The van der Waals surface area contributed by atoms with Crippen LogP contribution in [0.2, 0.25) is 0 Å². The Labute approximate surface area is 106 Å². The van der Waals surface area contributed by atoms with Crippen LogP contribution in [-0.2, 0) is 6.42 Å². The van der Waals surface area contributed by atoms with E-state index < -0.39 is 0 Å². The maximum absolute atomic E-state index is 5.64. The average Bonchev–Trinajstić information content (AvgIpc) is 2.77. The summed E-state index contributed by atoms with van der Waals surface area (Å²) in [5.74, 6) is 5.64. The second-order valence-corrected chi connectivity index (χ2v) is 5.41. The Morgan fingerprint density at radius 1 is 1.24 bits per heavy atom. The van der Waals surface area contributed by atoms with Gasteiger partial charge in [-0.1, -0.05) is 35.4 Å². The molecule has 0 saturated carbocycles. The lowest BCUT2D eigenvalue weighted by Gasteiger charge is -2.15. The number of hydrogen-bond donors (Lipinski definition) is 2. The van der Waals surface area contributed by atoms with Gasteiger partial charge in [0.1, 0.15) is 0 Å². The average molecular weight is 246 g/mol. The second-order valence-electron chi connectivity index (χ2n) is 4.43. The standard InChI is InChI=1S/C14H18N2S/c1-10-6-11(2)8-12(7-10)9-13(16-15)14-4-3-5-17-14/h3-8,13,16H,9,15H2,1-2H3. The van der Waals surface area contributed by atoms with Crippen molar-refractivity contribution in [2.75, 3.05) is 0 Å². The van der Waals surface area contributed by atoms with Crippen LogP contribution in [0.5, 0.6) is 0 Å². The molecule has 2 aromatic rings. The molecule has 2 nitrogen and oxygen atoms in total. The SMILES string of the molecule is Cc1cc(C)cc(CC(NN)c2cccs2)c1. The van der Waals surface area contributed by atoms with Crippen LogP contribution in [0.4, 0.5) is 0 Å². The van der Waals surface area contributed by atoms with Gasteiger partial charge in [-0.2, -0.15) is 0 Å². The lowest BCUT2D eigenvalue weighted by Crippen LogP contribution is -2.28. The lowest BCUT2D eigenvalue weighted by molar-refractivity contribution is 0.560. The third-order valence-electron chi connectivity index (χ3n) is 2.81. The van der Waals surface area contributed by atoms with Gasteiger partial charge in [-0.25, -0.2) is 0 Å². The van der Waals surface area contributed by atoms with Gasteiger partial charge in [0.25, 0.3) is 0 Å². The minimum atomic E-state index is 0.205. The minimum absolute atomic E-state index is 0.205. The van der Waals surface area contributed by atoms with Crippen molar-refractivity contribution < 1.29 is 0 Å². The molecule has 0 spiro atoms. The molecule has 0 aliphatic heterocycles. The molecule has 1 atom stereocenters. The van der Waals surface area contributed by atoms with E-state index in [1.54, 1.807) is 11.3 Å². The van der Waals surface area contributed by atoms with E-state index in [0.29, 0.717) is 0 Å². The van der Waals surface area contributed by atoms with Crippen molar-refractivity contribution in [2.45, 2.75) is 26.3 Å². The molecule has 0 radical (unpaired) electrons. The number of thiophene rings is 1. The molecule has 1 aromatic heterocycles. The summed E-state index contributed by atoms with van der Waals surface area (Å²) in [7, 11) is 0. The zero-order chi connectivity index (χ0) is 12.3. The quantitative estimate of drug-likeness (QED) is 0.642. The van der Waals surface area contributed by atoms with E-state index in [2.05, 4.69) is 55.0 Å². The molecule has 1 aromatic carbocycles. The Morgan fingerprint density at radius 2 is 1.94 bits per heavy atom. The topological polar surface area (TPSA) is 38.0 Å². The Kier molecular flexibility index (Phi) is 3.94. The maximum atomic E-state index is 5.64. The highest BCUT2D eigenvalue weighted by atomic mass is 32.1. The fourth-order valence-corrected chi connectivity index (χ4v) is 2.94. The van der Waals surface area contributed by atoms with E-state index in [-0.39, 0.29) is 6.04 Å². The Bertz CT molecular complexity index is 457. The van der Waals surface area contributed by atoms with E-state index in [1.165, 1.54) is 21.6 Å². The highest BCUT2D eigenvalue weighted by molar-refractivity contribution is 7.10. The highest BCUT2D eigenvalue weighted by Gasteiger charge is 2.11. The van der Waals surface area contributed by atoms with E-state index in [1.807, 2.05) is 0 Å². The summed E-state index contributed by atoms with van der Waals surface area (Å²) >= 11 is 1.74. The zero-order valence-electron chi connectivity index (χ0n) is 10.2. The number of aryl methyl sites for hydroxylation is 2. The van der Waals surface area contributed by atoms with Crippen molar-refractivity contribution in [3.05, 3.63) is 57.3 Å². The number of hydrazine groups is 1. The van der Waals surface area contributed by atoms with Crippen molar-refractivity contribution in [1.29, 1.82) is 0 Å². The first kappa shape index (κ1) is 12.3. The van der Waals surface area contributed by atoms with Gasteiger partial charge in [-0.15, -0.1) is 11.3 Å². The summed E-state index contributed by atoms with van der Waals surface area (Å²) in [5.41, 5.74) is 6.85. The molecule has 0 amide bonds. The predicted molar refractivity (Wildman–Crippen MR) is 74.0 cm³/mol. The third kappa shape index (κ3) is 3.16. The number of hydrogen-bond acceptors (Lipinski definition) is 3. The maximum Gasteiger partial charge on any atom is 0.0593 e. The van der Waals surface area contributed by atoms with Crippen molar-refractivity contribution in [1.82, 2.24) is 5.43 Å². The molecule has 2 rings (SSSR count). The van der Waals surface area contributed by atoms with Crippen LogP contribution in [0.1, 0.15) is 27.6 Å². The number of nitrogens with two attached hydrogens (primary N) is 1. The van der Waals surface area contributed by atoms with Gasteiger partial charge >= 0.3 is 0 Å². The fourth-order valence-electron chi connectivity index (χ4n) is 2.15. The summed E-state index contributed by atoms with van der Waals surface area (Å²) in [4.78, 5) is 1.28. The first-order chi connectivity index (χ1) is 8.19. The van der Waals surface area contributed by atoms with Crippen molar-refractivity contribution in [2.24, 2.45) is 5.84 Å². The van der Waals surface area contributed by atoms with Crippen molar-refractivity contribution in [3.8, 4) is 0 Å². The predicted octanol–water partition coefficient (Wildman–Crippen LogP) is 3.11. The highest BCUT2D eigenvalue weighted by Crippen LogP contribution is 2.23. The van der Waals surface area contributed by atoms with Gasteiger partial charge in [-0.3, -0.25) is 11.3 Å². The van der Waals surface area contributed by atoms with Crippen LogP contribution in [0.15, 0.2) is 35.7 Å². The molecule has 0 fully saturated rings. The van der Waals surface area contributed by atoms with E-state index >= 15 is 0 Å². The number of rotatable bonds is 4. The number of nitrogens with one attached hydrogen (secondary N) is 1. The van der Waals surface area contributed by atoms with Crippen LogP contribution < -0.4 is 11.3 Å². The molecule has 0 aliphatic rings. The molecule has 3 heteroatoms. The molecule has 17 heavy (non-hydrogen) atoms. The van der Waals surface area contributed by atoms with Gasteiger partial charge < -0.3 is 0 Å². The summed E-state index contributed by atoms with van der Waals surface area (Å²) < 4.78 is 0. The third-order valence-corrected chi connectivity index (χ3v) is 3.80.